The predicted octanol–water partition coefficient (Wildman–Crippen LogP) is 3.01. The van der Waals surface area contributed by atoms with Gasteiger partial charge in [-0.05, 0) is 30.0 Å². The molecule has 2 aromatic rings. The van der Waals surface area contributed by atoms with Crippen LogP contribution in [-0.2, 0) is 14.8 Å². The van der Waals surface area contributed by atoms with Crippen LogP contribution >= 0.6 is 27.3 Å². The Morgan fingerprint density at radius 3 is 2.61 bits per heavy atom. The van der Waals surface area contributed by atoms with Gasteiger partial charge in [0.25, 0.3) is 10.0 Å². The summed E-state index contributed by atoms with van der Waals surface area (Å²) in [5.41, 5.74) is 0.935. The van der Waals surface area contributed by atoms with Gasteiger partial charge in [-0.2, -0.15) is 4.31 Å². The fraction of sp³-hybridized carbons (Fsp3) is 0.267. The lowest BCUT2D eigenvalue weighted by Gasteiger charge is -2.19. The van der Waals surface area contributed by atoms with E-state index in [1.807, 2.05) is 31.2 Å². The summed E-state index contributed by atoms with van der Waals surface area (Å²) in [6, 6.07) is 10.5. The number of rotatable bonds is 6. The van der Waals surface area contributed by atoms with Gasteiger partial charge in [-0.15, -0.1) is 11.3 Å². The summed E-state index contributed by atoms with van der Waals surface area (Å²) >= 11 is 4.57. The van der Waals surface area contributed by atoms with Crippen molar-refractivity contribution < 1.29 is 13.2 Å². The number of carbonyl (C=O) groups excluding carboxylic acids is 1. The number of halogens is 1. The second-order valence-corrected chi connectivity index (χ2v) is 9.08. The molecular formula is C15H17BrN2O3S2. The number of nitrogens with zero attached hydrogens (tertiary/aromatic N) is 1. The predicted molar refractivity (Wildman–Crippen MR) is 94.8 cm³/mol. The van der Waals surface area contributed by atoms with Crippen molar-refractivity contribution in [3.8, 4) is 0 Å². The number of likely N-dealkylation sites (N-methyl/N-ethyl adjacent to an activating group) is 1. The molecule has 5 nitrogen and oxygen atoms in total. The topological polar surface area (TPSA) is 66.5 Å². The van der Waals surface area contributed by atoms with Gasteiger partial charge in [0.05, 0.1) is 12.6 Å². The van der Waals surface area contributed by atoms with E-state index in [4.69, 9.17) is 0 Å². The number of carbonyl (C=O) groups is 1. The summed E-state index contributed by atoms with van der Waals surface area (Å²) in [6.07, 6.45) is 0. The van der Waals surface area contributed by atoms with E-state index in [-0.39, 0.29) is 22.7 Å². The first-order valence-electron chi connectivity index (χ1n) is 6.86. The van der Waals surface area contributed by atoms with E-state index in [9.17, 15) is 13.2 Å². The molecule has 0 bridgehead atoms. The van der Waals surface area contributed by atoms with E-state index in [0.29, 0.717) is 0 Å². The van der Waals surface area contributed by atoms with Crippen LogP contribution in [0.1, 0.15) is 18.5 Å². The van der Waals surface area contributed by atoms with E-state index in [1.54, 1.807) is 11.4 Å². The van der Waals surface area contributed by atoms with Crippen LogP contribution in [0.5, 0.6) is 0 Å². The second-order valence-electron chi connectivity index (χ2n) is 5.00. The first-order valence-corrected chi connectivity index (χ1v) is 9.97. The third-order valence-electron chi connectivity index (χ3n) is 3.28. The Kier molecular flexibility index (Phi) is 5.96. The highest BCUT2D eigenvalue weighted by Crippen LogP contribution is 2.23. The molecule has 1 aromatic carbocycles. The average Bonchev–Trinajstić information content (AvgIpc) is 3.02. The third kappa shape index (κ3) is 4.41. The molecule has 1 amide bonds. The number of benzene rings is 1. The molecule has 1 unspecified atom stereocenters. The molecule has 0 aliphatic rings. The number of thiophene rings is 1. The van der Waals surface area contributed by atoms with Gasteiger partial charge >= 0.3 is 0 Å². The van der Waals surface area contributed by atoms with Crippen LogP contribution in [0, 0.1) is 0 Å². The Hall–Kier alpha value is -1.22. The molecule has 1 heterocycles. The maximum absolute atomic E-state index is 12.3. The highest BCUT2D eigenvalue weighted by Gasteiger charge is 2.24. The minimum atomic E-state index is -3.62. The van der Waals surface area contributed by atoms with Crippen molar-refractivity contribution in [3.05, 3.63) is 51.8 Å². The molecule has 0 aliphatic carbocycles. The molecule has 0 saturated heterocycles. The van der Waals surface area contributed by atoms with Gasteiger partial charge in [0, 0.05) is 11.5 Å². The van der Waals surface area contributed by atoms with Crippen molar-refractivity contribution in [2.24, 2.45) is 0 Å². The van der Waals surface area contributed by atoms with E-state index < -0.39 is 10.0 Å². The molecular weight excluding hydrogens is 400 g/mol. The fourth-order valence-corrected chi connectivity index (χ4v) is 5.00. The molecule has 124 valence electrons. The van der Waals surface area contributed by atoms with Crippen LogP contribution in [0.4, 0.5) is 0 Å². The molecule has 0 saturated carbocycles. The molecule has 1 N–H and O–H groups in total. The average molecular weight is 417 g/mol. The van der Waals surface area contributed by atoms with Crippen molar-refractivity contribution >= 4 is 43.2 Å². The number of hydrogen-bond acceptors (Lipinski definition) is 4. The summed E-state index contributed by atoms with van der Waals surface area (Å²) < 4.78 is 26.8. The van der Waals surface area contributed by atoms with E-state index in [1.165, 1.54) is 13.1 Å². The van der Waals surface area contributed by atoms with Crippen LogP contribution in [0.2, 0.25) is 0 Å². The molecule has 2 rings (SSSR count). The van der Waals surface area contributed by atoms with Gasteiger partial charge < -0.3 is 5.32 Å². The standard InChI is InChI=1S/C15H17BrN2O3S2/c1-11(12-6-3-4-7-13(12)16)17-14(19)10-18(2)23(20,21)15-8-5-9-22-15/h3-9,11H,10H2,1-2H3,(H,17,19). The monoisotopic (exact) mass is 416 g/mol. The van der Waals surface area contributed by atoms with Crippen LogP contribution in [-0.4, -0.2) is 32.2 Å². The van der Waals surface area contributed by atoms with Crippen LogP contribution in [0.15, 0.2) is 50.5 Å². The maximum Gasteiger partial charge on any atom is 0.252 e. The summed E-state index contributed by atoms with van der Waals surface area (Å²) in [7, 11) is -2.22. The van der Waals surface area contributed by atoms with E-state index in [0.717, 1.165) is 25.7 Å². The van der Waals surface area contributed by atoms with Gasteiger partial charge in [-0.25, -0.2) is 8.42 Å². The lowest BCUT2D eigenvalue weighted by Crippen LogP contribution is -2.39. The molecule has 0 fully saturated rings. The number of amides is 1. The molecule has 23 heavy (non-hydrogen) atoms. The summed E-state index contributed by atoms with van der Waals surface area (Å²) in [5.74, 6) is -0.351. The summed E-state index contributed by atoms with van der Waals surface area (Å²) in [5, 5.41) is 4.50. The number of sulfonamides is 1. The third-order valence-corrected chi connectivity index (χ3v) is 7.17. The quantitative estimate of drug-likeness (QED) is 0.786. The second kappa shape index (κ2) is 7.57. The van der Waals surface area contributed by atoms with E-state index in [2.05, 4.69) is 21.2 Å². The Balaban J connectivity index is 2.01. The zero-order valence-corrected chi connectivity index (χ0v) is 15.9. The summed E-state index contributed by atoms with van der Waals surface area (Å²) in [4.78, 5) is 12.1. The van der Waals surface area contributed by atoms with Crippen molar-refractivity contribution in [1.82, 2.24) is 9.62 Å². The Bertz CT molecular complexity index is 776. The smallest absolute Gasteiger partial charge is 0.252 e. The lowest BCUT2D eigenvalue weighted by atomic mass is 10.1. The molecule has 1 atom stereocenters. The zero-order valence-electron chi connectivity index (χ0n) is 12.7. The van der Waals surface area contributed by atoms with E-state index >= 15 is 0 Å². The minimum absolute atomic E-state index is 0.226. The van der Waals surface area contributed by atoms with Gasteiger partial charge in [-0.3, -0.25) is 4.79 Å². The van der Waals surface area contributed by atoms with Crippen LogP contribution in [0.25, 0.3) is 0 Å². The highest BCUT2D eigenvalue weighted by atomic mass is 79.9. The molecule has 0 radical (unpaired) electrons. The number of hydrogen-bond donors (Lipinski definition) is 1. The van der Waals surface area contributed by atoms with Gasteiger partial charge in [0.2, 0.25) is 5.91 Å². The zero-order chi connectivity index (χ0) is 17.0. The Labute approximate surface area is 148 Å². The van der Waals surface area contributed by atoms with Crippen molar-refractivity contribution in [2.45, 2.75) is 17.2 Å². The molecule has 0 spiro atoms. The number of nitrogens with one attached hydrogen (secondary N) is 1. The Morgan fingerprint density at radius 1 is 1.30 bits per heavy atom. The van der Waals surface area contributed by atoms with Crippen LogP contribution < -0.4 is 5.32 Å². The highest BCUT2D eigenvalue weighted by molar-refractivity contribution is 9.10. The molecule has 0 aliphatic heterocycles. The SMILES string of the molecule is CC(NC(=O)CN(C)S(=O)(=O)c1cccs1)c1ccccc1Br. The normalized spacial score (nSPS) is 13.0. The minimum Gasteiger partial charge on any atom is -0.348 e. The van der Waals surface area contributed by atoms with Gasteiger partial charge in [-0.1, -0.05) is 40.2 Å². The first kappa shape index (κ1) is 18.1. The van der Waals surface area contributed by atoms with Crippen molar-refractivity contribution in [1.29, 1.82) is 0 Å². The fourth-order valence-electron chi connectivity index (χ4n) is 2.04. The lowest BCUT2D eigenvalue weighted by molar-refractivity contribution is -0.121. The molecule has 1 aromatic heterocycles. The summed E-state index contributed by atoms with van der Waals surface area (Å²) in [6.45, 7) is 1.63. The van der Waals surface area contributed by atoms with Crippen LogP contribution in [0.3, 0.4) is 0 Å². The van der Waals surface area contributed by atoms with Gasteiger partial charge in [0.1, 0.15) is 4.21 Å². The molecule has 8 heteroatoms. The van der Waals surface area contributed by atoms with Gasteiger partial charge in [0.15, 0.2) is 0 Å². The Morgan fingerprint density at radius 2 is 2.00 bits per heavy atom. The van der Waals surface area contributed by atoms with Crippen molar-refractivity contribution in [2.75, 3.05) is 13.6 Å². The maximum atomic E-state index is 12.3. The largest absolute Gasteiger partial charge is 0.348 e. The first-order chi connectivity index (χ1) is 10.8. The van der Waals surface area contributed by atoms with Crippen molar-refractivity contribution in [3.63, 3.8) is 0 Å².